The van der Waals surface area contributed by atoms with Crippen LogP contribution in [0.25, 0.3) is 0 Å². The van der Waals surface area contributed by atoms with Crippen LogP contribution in [0.2, 0.25) is 0 Å². The standard InChI is InChI=1S/C12H17NO6S/c1-13(2)20(16,17)9-4-5-11(19-7-6-18-3)10(8-9)12(14)15/h4-5,8H,6-7H2,1-3H3,(H,14,15). The highest BCUT2D eigenvalue weighted by molar-refractivity contribution is 7.89. The number of carboxylic acid groups (broad SMARTS) is 1. The van der Waals surface area contributed by atoms with Crippen molar-refractivity contribution in [1.82, 2.24) is 4.31 Å². The summed E-state index contributed by atoms with van der Waals surface area (Å²) in [6, 6.07) is 3.72. The fraction of sp³-hybridized carbons (Fsp3) is 0.417. The predicted molar refractivity (Wildman–Crippen MR) is 71.6 cm³/mol. The molecule has 0 saturated heterocycles. The third-order valence-electron chi connectivity index (χ3n) is 2.51. The fourth-order valence-corrected chi connectivity index (χ4v) is 2.34. The SMILES string of the molecule is COCCOc1ccc(S(=O)(=O)N(C)C)cc1C(=O)O. The van der Waals surface area contributed by atoms with Gasteiger partial charge in [-0.15, -0.1) is 0 Å². The van der Waals surface area contributed by atoms with Gasteiger partial charge in [0.25, 0.3) is 0 Å². The van der Waals surface area contributed by atoms with Crippen LogP contribution in [0.4, 0.5) is 0 Å². The van der Waals surface area contributed by atoms with E-state index in [-0.39, 0.29) is 22.8 Å². The monoisotopic (exact) mass is 303 g/mol. The molecule has 0 heterocycles. The quantitative estimate of drug-likeness (QED) is 0.744. The molecule has 7 nitrogen and oxygen atoms in total. The van der Waals surface area contributed by atoms with Gasteiger partial charge in [0.2, 0.25) is 10.0 Å². The third-order valence-corrected chi connectivity index (χ3v) is 4.32. The number of aromatic carboxylic acids is 1. The zero-order chi connectivity index (χ0) is 15.3. The minimum absolute atomic E-state index is 0.0982. The molecular formula is C12H17NO6S. The van der Waals surface area contributed by atoms with Crippen molar-refractivity contribution in [2.45, 2.75) is 4.90 Å². The summed E-state index contributed by atoms with van der Waals surface area (Å²) in [5.41, 5.74) is -0.205. The van der Waals surface area contributed by atoms with Crippen LogP contribution in [0.15, 0.2) is 23.1 Å². The highest BCUT2D eigenvalue weighted by atomic mass is 32.2. The van der Waals surface area contributed by atoms with Gasteiger partial charge in [-0.1, -0.05) is 0 Å². The number of methoxy groups -OCH3 is 1. The smallest absolute Gasteiger partial charge is 0.339 e. The molecule has 1 aromatic rings. The second-order valence-electron chi connectivity index (χ2n) is 4.09. The van der Waals surface area contributed by atoms with E-state index in [4.69, 9.17) is 14.6 Å². The van der Waals surface area contributed by atoms with Crippen LogP contribution in [0.1, 0.15) is 10.4 Å². The van der Waals surface area contributed by atoms with Crippen LogP contribution in [0, 0.1) is 0 Å². The predicted octanol–water partition coefficient (Wildman–Crippen LogP) is 0.660. The van der Waals surface area contributed by atoms with Crippen molar-refractivity contribution in [2.75, 3.05) is 34.4 Å². The van der Waals surface area contributed by atoms with Gasteiger partial charge in [0.1, 0.15) is 17.9 Å². The van der Waals surface area contributed by atoms with Crippen molar-refractivity contribution >= 4 is 16.0 Å². The summed E-state index contributed by atoms with van der Waals surface area (Å²) >= 11 is 0. The number of benzene rings is 1. The minimum atomic E-state index is -3.69. The molecule has 0 atom stereocenters. The lowest BCUT2D eigenvalue weighted by atomic mass is 10.2. The second kappa shape index (κ2) is 6.69. The molecule has 0 radical (unpaired) electrons. The van der Waals surface area contributed by atoms with Gasteiger partial charge in [0.05, 0.1) is 11.5 Å². The Morgan fingerprint density at radius 1 is 1.30 bits per heavy atom. The van der Waals surface area contributed by atoms with Gasteiger partial charge in [-0.2, -0.15) is 0 Å². The minimum Gasteiger partial charge on any atom is -0.490 e. The van der Waals surface area contributed by atoms with E-state index < -0.39 is 16.0 Å². The first kappa shape index (κ1) is 16.4. The van der Waals surface area contributed by atoms with Gasteiger partial charge in [-0.25, -0.2) is 17.5 Å². The second-order valence-corrected chi connectivity index (χ2v) is 6.24. The molecular weight excluding hydrogens is 286 g/mol. The zero-order valence-corrected chi connectivity index (χ0v) is 12.3. The first-order chi connectivity index (χ1) is 9.30. The van der Waals surface area contributed by atoms with E-state index in [0.29, 0.717) is 6.61 Å². The average Bonchev–Trinajstić information content (AvgIpc) is 2.38. The Kier molecular flexibility index (Phi) is 5.49. The largest absolute Gasteiger partial charge is 0.490 e. The van der Waals surface area contributed by atoms with E-state index in [2.05, 4.69) is 0 Å². The molecule has 0 saturated carbocycles. The van der Waals surface area contributed by atoms with Crippen molar-refractivity contribution in [3.8, 4) is 5.75 Å². The number of nitrogens with zero attached hydrogens (tertiary/aromatic N) is 1. The Morgan fingerprint density at radius 3 is 2.45 bits per heavy atom. The Balaban J connectivity index is 3.17. The van der Waals surface area contributed by atoms with Gasteiger partial charge in [0, 0.05) is 21.2 Å². The molecule has 112 valence electrons. The lowest BCUT2D eigenvalue weighted by Gasteiger charge is -2.14. The molecule has 0 aromatic heterocycles. The van der Waals surface area contributed by atoms with Crippen LogP contribution in [0.3, 0.4) is 0 Å². The summed E-state index contributed by atoms with van der Waals surface area (Å²) in [5, 5.41) is 9.13. The molecule has 0 aliphatic heterocycles. The third kappa shape index (κ3) is 3.69. The van der Waals surface area contributed by atoms with Crippen molar-refractivity contribution in [2.24, 2.45) is 0 Å². The molecule has 0 fully saturated rings. The van der Waals surface area contributed by atoms with E-state index in [1.807, 2.05) is 0 Å². The molecule has 0 bridgehead atoms. The molecule has 0 amide bonds. The van der Waals surface area contributed by atoms with Gasteiger partial charge >= 0.3 is 5.97 Å². The first-order valence-electron chi connectivity index (χ1n) is 5.72. The van der Waals surface area contributed by atoms with Gasteiger partial charge < -0.3 is 14.6 Å². The van der Waals surface area contributed by atoms with Crippen LogP contribution in [-0.4, -0.2) is 58.2 Å². The van der Waals surface area contributed by atoms with Crippen molar-refractivity contribution < 1.29 is 27.8 Å². The first-order valence-corrected chi connectivity index (χ1v) is 7.16. The molecule has 0 aliphatic rings. The number of hydrogen-bond donors (Lipinski definition) is 1. The highest BCUT2D eigenvalue weighted by Gasteiger charge is 2.21. The number of hydrogen-bond acceptors (Lipinski definition) is 5. The van der Waals surface area contributed by atoms with E-state index >= 15 is 0 Å². The molecule has 1 N–H and O–H groups in total. The molecule has 1 aromatic carbocycles. The van der Waals surface area contributed by atoms with E-state index in [0.717, 1.165) is 10.4 Å². The number of sulfonamides is 1. The Labute approximate surface area is 117 Å². The molecule has 0 aliphatic carbocycles. The zero-order valence-electron chi connectivity index (χ0n) is 11.5. The Hall–Kier alpha value is -1.64. The molecule has 8 heteroatoms. The van der Waals surface area contributed by atoms with Crippen LogP contribution in [0.5, 0.6) is 5.75 Å². The Morgan fingerprint density at radius 2 is 1.95 bits per heavy atom. The maximum atomic E-state index is 12.0. The molecule has 0 unspecified atom stereocenters. The maximum Gasteiger partial charge on any atom is 0.339 e. The lowest BCUT2D eigenvalue weighted by molar-refractivity contribution is 0.0689. The highest BCUT2D eigenvalue weighted by Crippen LogP contribution is 2.24. The van der Waals surface area contributed by atoms with Crippen molar-refractivity contribution in [1.29, 1.82) is 0 Å². The maximum absolute atomic E-state index is 12.0. The summed E-state index contributed by atoms with van der Waals surface area (Å²) in [6.45, 7) is 0.480. The number of rotatable bonds is 7. The molecule has 20 heavy (non-hydrogen) atoms. The van der Waals surface area contributed by atoms with Crippen LogP contribution in [-0.2, 0) is 14.8 Å². The summed E-state index contributed by atoms with van der Waals surface area (Å²) in [6.07, 6.45) is 0. The normalized spacial score (nSPS) is 11.6. The molecule has 0 spiro atoms. The van der Waals surface area contributed by atoms with Crippen LogP contribution < -0.4 is 4.74 Å². The number of carboxylic acids is 1. The van der Waals surface area contributed by atoms with Crippen LogP contribution >= 0.6 is 0 Å². The van der Waals surface area contributed by atoms with E-state index in [1.54, 1.807) is 0 Å². The Bertz CT molecular complexity index is 582. The fourth-order valence-electron chi connectivity index (χ4n) is 1.41. The van der Waals surface area contributed by atoms with Gasteiger partial charge in [0.15, 0.2) is 0 Å². The van der Waals surface area contributed by atoms with E-state index in [9.17, 15) is 13.2 Å². The summed E-state index contributed by atoms with van der Waals surface area (Å²) in [5.74, 6) is -1.15. The summed E-state index contributed by atoms with van der Waals surface area (Å²) < 4.78 is 35.0. The van der Waals surface area contributed by atoms with E-state index in [1.165, 1.54) is 33.3 Å². The average molecular weight is 303 g/mol. The summed E-state index contributed by atoms with van der Waals surface area (Å²) in [7, 11) is 0.557. The van der Waals surface area contributed by atoms with Gasteiger partial charge in [-0.3, -0.25) is 0 Å². The topological polar surface area (TPSA) is 93.1 Å². The van der Waals surface area contributed by atoms with Gasteiger partial charge in [-0.05, 0) is 18.2 Å². The number of carbonyl (C=O) groups is 1. The number of ether oxygens (including phenoxy) is 2. The molecule has 1 rings (SSSR count). The van der Waals surface area contributed by atoms with Crippen molar-refractivity contribution in [3.63, 3.8) is 0 Å². The van der Waals surface area contributed by atoms with Crippen molar-refractivity contribution in [3.05, 3.63) is 23.8 Å². The summed E-state index contributed by atoms with van der Waals surface area (Å²) in [4.78, 5) is 11.1. The lowest BCUT2D eigenvalue weighted by Crippen LogP contribution is -2.22.